The molecule has 0 aliphatic carbocycles. The molecule has 0 saturated carbocycles. The SMILES string of the molecule is O=C(N/N=C(/Cc1ccccc1)c1ccccc1)c1c(O)ccc2ccccc12. The van der Waals surface area contributed by atoms with E-state index in [-0.39, 0.29) is 11.3 Å². The van der Waals surface area contributed by atoms with Gasteiger partial charge in [-0.1, -0.05) is 91.0 Å². The van der Waals surface area contributed by atoms with Crippen LogP contribution in [0.1, 0.15) is 21.5 Å². The lowest BCUT2D eigenvalue weighted by molar-refractivity contribution is 0.0954. The second kappa shape index (κ2) is 8.40. The van der Waals surface area contributed by atoms with Gasteiger partial charge in [0.25, 0.3) is 5.91 Å². The Labute approximate surface area is 169 Å². The maximum atomic E-state index is 12.9. The zero-order chi connectivity index (χ0) is 20.1. The molecule has 4 heteroatoms. The van der Waals surface area contributed by atoms with Crippen molar-refractivity contribution >= 4 is 22.4 Å². The van der Waals surface area contributed by atoms with E-state index in [4.69, 9.17) is 0 Å². The Morgan fingerprint density at radius 2 is 1.45 bits per heavy atom. The number of benzene rings is 4. The molecule has 0 heterocycles. The molecule has 0 unspecified atom stereocenters. The van der Waals surface area contributed by atoms with Gasteiger partial charge in [-0.05, 0) is 28.0 Å². The van der Waals surface area contributed by atoms with Crippen molar-refractivity contribution in [2.45, 2.75) is 6.42 Å². The molecule has 0 spiro atoms. The van der Waals surface area contributed by atoms with Crippen molar-refractivity contribution < 1.29 is 9.90 Å². The van der Waals surface area contributed by atoms with Crippen LogP contribution in [0.5, 0.6) is 5.75 Å². The van der Waals surface area contributed by atoms with Crippen LogP contribution in [0, 0.1) is 0 Å². The number of aromatic hydroxyl groups is 1. The number of phenolic OH excluding ortho intramolecular Hbond substituents is 1. The molecule has 1 amide bonds. The molecule has 0 fully saturated rings. The van der Waals surface area contributed by atoms with Gasteiger partial charge in [-0.15, -0.1) is 0 Å². The largest absolute Gasteiger partial charge is 0.507 e. The zero-order valence-corrected chi connectivity index (χ0v) is 15.7. The summed E-state index contributed by atoms with van der Waals surface area (Å²) < 4.78 is 0. The Kier molecular flexibility index (Phi) is 5.34. The Bertz CT molecular complexity index is 1170. The van der Waals surface area contributed by atoms with Crippen LogP contribution in [0.2, 0.25) is 0 Å². The van der Waals surface area contributed by atoms with Gasteiger partial charge in [0.1, 0.15) is 5.75 Å². The molecule has 0 bridgehead atoms. The first-order valence-corrected chi connectivity index (χ1v) is 9.39. The number of carbonyl (C=O) groups excluding carboxylic acids is 1. The number of hydrogen-bond donors (Lipinski definition) is 2. The standard InChI is InChI=1S/C25H20N2O2/c28-23-16-15-19-11-7-8-14-21(19)24(23)25(29)27-26-22(20-12-5-2-6-13-20)17-18-9-3-1-4-10-18/h1-16,28H,17H2,(H,27,29)/b26-22-. The second-order valence-corrected chi connectivity index (χ2v) is 6.71. The Balaban J connectivity index is 1.67. The molecule has 4 rings (SSSR count). The van der Waals surface area contributed by atoms with Crippen LogP contribution in [-0.2, 0) is 6.42 Å². The molecule has 0 aliphatic rings. The summed E-state index contributed by atoms with van der Waals surface area (Å²) in [6, 6.07) is 30.5. The summed E-state index contributed by atoms with van der Waals surface area (Å²) >= 11 is 0. The lowest BCUT2D eigenvalue weighted by atomic mass is 10.0. The number of amides is 1. The van der Waals surface area contributed by atoms with Crippen LogP contribution < -0.4 is 5.43 Å². The summed E-state index contributed by atoms with van der Waals surface area (Å²) in [6.07, 6.45) is 0.576. The summed E-state index contributed by atoms with van der Waals surface area (Å²) in [5.74, 6) is -0.512. The average Bonchev–Trinajstić information content (AvgIpc) is 2.77. The van der Waals surface area contributed by atoms with Crippen LogP contribution >= 0.6 is 0 Å². The van der Waals surface area contributed by atoms with Gasteiger partial charge in [-0.3, -0.25) is 4.79 Å². The molecule has 29 heavy (non-hydrogen) atoms. The fourth-order valence-corrected chi connectivity index (χ4v) is 3.30. The summed E-state index contributed by atoms with van der Waals surface area (Å²) in [6.45, 7) is 0. The molecule has 0 aromatic heterocycles. The van der Waals surface area contributed by atoms with Crippen LogP contribution in [0.15, 0.2) is 102 Å². The smallest absolute Gasteiger partial charge is 0.275 e. The van der Waals surface area contributed by atoms with Gasteiger partial charge in [0.2, 0.25) is 0 Å². The quantitative estimate of drug-likeness (QED) is 0.381. The summed E-state index contributed by atoms with van der Waals surface area (Å²) in [7, 11) is 0. The fraction of sp³-hybridized carbons (Fsp3) is 0.0400. The van der Waals surface area contributed by atoms with Gasteiger partial charge < -0.3 is 5.11 Å². The molecular formula is C25H20N2O2. The molecule has 0 radical (unpaired) electrons. The first-order chi connectivity index (χ1) is 14.2. The van der Waals surface area contributed by atoms with Crippen LogP contribution in [-0.4, -0.2) is 16.7 Å². The van der Waals surface area contributed by atoms with E-state index in [9.17, 15) is 9.90 Å². The van der Waals surface area contributed by atoms with Crippen LogP contribution in [0.3, 0.4) is 0 Å². The summed E-state index contributed by atoms with van der Waals surface area (Å²) in [5, 5.41) is 16.3. The van der Waals surface area contributed by atoms with E-state index in [1.54, 1.807) is 6.07 Å². The number of hydrogen-bond acceptors (Lipinski definition) is 3. The molecule has 2 N–H and O–H groups in total. The second-order valence-electron chi connectivity index (χ2n) is 6.71. The third-order valence-corrected chi connectivity index (χ3v) is 4.75. The summed E-state index contributed by atoms with van der Waals surface area (Å²) in [5.41, 5.74) is 5.63. The first-order valence-electron chi connectivity index (χ1n) is 9.39. The lowest BCUT2D eigenvalue weighted by Crippen LogP contribution is -2.21. The van der Waals surface area contributed by atoms with Crippen molar-refractivity contribution in [2.24, 2.45) is 5.10 Å². The topological polar surface area (TPSA) is 61.7 Å². The number of hydrazone groups is 1. The van der Waals surface area contributed by atoms with E-state index >= 15 is 0 Å². The highest BCUT2D eigenvalue weighted by atomic mass is 16.3. The van der Waals surface area contributed by atoms with Gasteiger partial charge in [0.05, 0.1) is 11.3 Å². The number of nitrogens with one attached hydrogen (secondary N) is 1. The molecule has 0 atom stereocenters. The average molecular weight is 380 g/mol. The predicted octanol–water partition coefficient (Wildman–Crippen LogP) is 4.92. The van der Waals surface area contributed by atoms with Gasteiger partial charge in [0, 0.05) is 6.42 Å². The van der Waals surface area contributed by atoms with Gasteiger partial charge in [-0.2, -0.15) is 5.10 Å². The van der Waals surface area contributed by atoms with Crippen molar-refractivity contribution in [3.63, 3.8) is 0 Å². The molecule has 0 aliphatic heterocycles. The van der Waals surface area contributed by atoms with Crippen LogP contribution in [0.4, 0.5) is 0 Å². The maximum Gasteiger partial charge on any atom is 0.275 e. The predicted molar refractivity (Wildman–Crippen MR) is 116 cm³/mol. The van der Waals surface area contributed by atoms with E-state index in [2.05, 4.69) is 10.5 Å². The molecule has 0 saturated heterocycles. The minimum Gasteiger partial charge on any atom is -0.507 e. The molecule has 4 nitrogen and oxygen atoms in total. The maximum absolute atomic E-state index is 12.9. The van der Waals surface area contributed by atoms with Crippen molar-refractivity contribution in [1.29, 1.82) is 0 Å². The van der Waals surface area contributed by atoms with E-state index in [1.165, 1.54) is 6.07 Å². The minimum atomic E-state index is -0.444. The normalized spacial score (nSPS) is 11.4. The van der Waals surface area contributed by atoms with Crippen LogP contribution in [0.25, 0.3) is 10.8 Å². The highest BCUT2D eigenvalue weighted by molar-refractivity contribution is 6.10. The molecule has 142 valence electrons. The molecule has 4 aromatic carbocycles. The Morgan fingerprint density at radius 3 is 2.21 bits per heavy atom. The van der Waals surface area contributed by atoms with Crippen molar-refractivity contribution in [2.75, 3.05) is 0 Å². The zero-order valence-electron chi connectivity index (χ0n) is 15.7. The first kappa shape index (κ1) is 18.4. The van der Waals surface area contributed by atoms with Crippen molar-refractivity contribution in [1.82, 2.24) is 5.43 Å². The van der Waals surface area contributed by atoms with Gasteiger partial charge >= 0.3 is 0 Å². The Morgan fingerprint density at radius 1 is 0.793 bits per heavy atom. The highest BCUT2D eigenvalue weighted by Gasteiger charge is 2.15. The molecule has 4 aromatic rings. The Hall–Kier alpha value is -3.92. The number of carbonyl (C=O) groups is 1. The highest BCUT2D eigenvalue weighted by Crippen LogP contribution is 2.27. The van der Waals surface area contributed by atoms with Crippen molar-refractivity contribution in [3.05, 3.63) is 114 Å². The molecular weight excluding hydrogens is 360 g/mol. The number of nitrogens with zero attached hydrogens (tertiary/aromatic N) is 1. The number of rotatable bonds is 5. The lowest BCUT2D eigenvalue weighted by Gasteiger charge is -2.10. The number of fused-ring (bicyclic) bond motifs is 1. The third-order valence-electron chi connectivity index (χ3n) is 4.75. The summed E-state index contributed by atoms with van der Waals surface area (Å²) in [4.78, 5) is 12.9. The van der Waals surface area contributed by atoms with E-state index < -0.39 is 5.91 Å². The fourth-order valence-electron chi connectivity index (χ4n) is 3.30. The van der Waals surface area contributed by atoms with E-state index in [0.717, 1.165) is 22.2 Å². The third kappa shape index (κ3) is 4.17. The van der Waals surface area contributed by atoms with Crippen molar-refractivity contribution in [3.8, 4) is 5.75 Å². The van der Waals surface area contributed by atoms with Gasteiger partial charge in [0.15, 0.2) is 0 Å². The minimum absolute atomic E-state index is 0.0688. The van der Waals surface area contributed by atoms with Gasteiger partial charge in [-0.25, -0.2) is 5.43 Å². The van der Waals surface area contributed by atoms with E-state index in [1.807, 2.05) is 84.9 Å². The van der Waals surface area contributed by atoms with E-state index in [0.29, 0.717) is 11.8 Å². The number of phenols is 1. The monoisotopic (exact) mass is 380 g/mol.